The molecule has 0 saturated heterocycles. The Morgan fingerprint density at radius 2 is 1.67 bits per heavy atom. The first-order chi connectivity index (χ1) is 9.97. The van der Waals surface area contributed by atoms with Crippen molar-refractivity contribution in [1.82, 2.24) is 5.48 Å². The molecule has 0 aliphatic rings. The van der Waals surface area contributed by atoms with E-state index in [4.69, 9.17) is 23.2 Å². The Hall–Kier alpha value is -2.24. The minimum Gasteiger partial charge on any atom is -0.507 e. The topological polar surface area (TPSA) is 75.6 Å². The van der Waals surface area contributed by atoms with Crippen LogP contribution in [-0.4, -0.2) is 17.0 Å². The fraction of sp³-hybridized carbons (Fsp3) is 0. The van der Waals surface area contributed by atoms with Crippen LogP contribution in [-0.2, 0) is 4.84 Å². The number of para-hydroxylation sites is 1. The van der Waals surface area contributed by atoms with Gasteiger partial charge in [0.2, 0.25) is 0 Å². The van der Waals surface area contributed by atoms with Gasteiger partial charge in [0, 0.05) is 10.0 Å². The van der Waals surface area contributed by atoms with Gasteiger partial charge in [-0.2, -0.15) is 5.48 Å². The predicted molar refractivity (Wildman–Crippen MR) is 77.5 cm³/mol. The molecule has 0 fully saturated rings. The Morgan fingerprint density at radius 1 is 1.05 bits per heavy atom. The summed E-state index contributed by atoms with van der Waals surface area (Å²) < 4.78 is 0. The summed E-state index contributed by atoms with van der Waals surface area (Å²) in [5.41, 5.74) is 2.01. The molecule has 0 bridgehead atoms. The molecule has 2 aromatic rings. The van der Waals surface area contributed by atoms with Crippen molar-refractivity contribution in [1.29, 1.82) is 0 Å². The first-order valence-corrected chi connectivity index (χ1v) is 6.48. The number of hydroxylamine groups is 1. The van der Waals surface area contributed by atoms with E-state index in [1.54, 1.807) is 12.1 Å². The second kappa shape index (κ2) is 6.47. The van der Waals surface area contributed by atoms with Gasteiger partial charge in [-0.1, -0.05) is 35.3 Å². The fourth-order valence-corrected chi connectivity index (χ4v) is 2.07. The number of hydrogen-bond acceptors (Lipinski definition) is 4. The maximum Gasteiger partial charge on any atom is 0.363 e. The molecule has 0 saturated carbocycles. The summed E-state index contributed by atoms with van der Waals surface area (Å²) in [5.74, 6) is -1.81. The van der Waals surface area contributed by atoms with E-state index in [1.807, 2.05) is 5.48 Å². The largest absolute Gasteiger partial charge is 0.507 e. The van der Waals surface area contributed by atoms with E-state index in [2.05, 4.69) is 4.84 Å². The summed E-state index contributed by atoms with van der Waals surface area (Å²) in [6.45, 7) is 0. The maximum absolute atomic E-state index is 11.8. The molecular formula is C14H9Cl2NO4. The molecule has 2 rings (SSSR count). The Labute approximate surface area is 130 Å². The summed E-state index contributed by atoms with van der Waals surface area (Å²) in [6, 6.07) is 10.0. The Kier molecular flexibility index (Phi) is 4.67. The van der Waals surface area contributed by atoms with Crippen LogP contribution in [0.5, 0.6) is 5.75 Å². The average molecular weight is 326 g/mol. The van der Waals surface area contributed by atoms with Gasteiger partial charge in [-0.15, -0.1) is 0 Å². The van der Waals surface area contributed by atoms with Crippen molar-refractivity contribution in [2.45, 2.75) is 0 Å². The molecule has 0 heterocycles. The standard InChI is InChI=1S/C14H9Cl2NO4/c15-9-5-8(6-10(16)7-9)14(20)21-17-13(19)11-3-1-2-4-12(11)18/h1-7,18H,(H,17,19). The fourth-order valence-electron chi connectivity index (χ4n) is 1.54. The highest BCUT2D eigenvalue weighted by Crippen LogP contribution is 2.19. The van der Waals surface area contributed by atoms with Crippen LogP contribution < -0.4 is 5.48 Å². The highest BCUT2D eigenvalue weighted by molar-refractivity contribution is 6.35. The molecule has 2 aromatic carbocycles. The number of amides is 1. The minimum atomic E-state index is -0.830. The van der Waals surface area contributed by atoms with E-state index in [9.17, 15) is 14.7 Å². The van der Waals surface area contributed by atoms with E-state index in [-0.39, 0.29) is 26.9 Å². The van der Waals surface area contributed by atoms with Crippen LogP contribution in [0.4, 0.5) is 0 Å². The van der Waals surface area contributed by atoms with Gasteiger partial charge in [-0.3, -0.25) is 4.79 Å². The first kappa shape index (κ1) is 15.2. The lowest BCUT2D eigenvalue weighted by Crippen LogP contribution is -2.27. The molecule has 21 heavy (non-hydrogen) atoms. The van der Waals surface area contributed by atoms with Crippen LogP contribution >= 0.6 is 23.2 Å². The Balaban J connectivity index is 2.04. The predicted octanol–water partition coefficient (Wildman–Crippen LogP) is 3.20. The van der Waals surface area contributed by atoms with E-state index >= 15 is 0 Å². The zero-order valence-electron chi connectivity index (χ0n) is 10.5. The van der Waals surface area contributed by atoms with Crippen LogP contribution in [0.2, 0.25) is 10.0 Å². The van der Waals surface area contributed by atoms with Gasteiger partial charge in [0.15, 0.2) is 0 Å². The third-order valence-electron chi connectivity index (χ3n) is 2.48. The summed E-state index contributed by atoms with van der Waals surface area (Å²) in [6.07, 6.45) is 0. The minimum absolute atomic E-state index is 0.0190. The SMILES string of the molecule is O=C(ONC(=O)c1ccccc1O)c1cc(Cl)cc(Cl)c1. The van der Waals surface area contributed by atoms with Gasteiger partial charge in [0.25, 0.3) is 5.91 Å². The molecule has 108 valence electrons. The molecule has 0 aliphatic carbocycles. The van der Waals surface area contributed by atoms with Gasteiger partial charge in [0.05, 0.1) is 11.1 Å². The summed E-state index contributed by atoms with van der Waals surface area (Å²) >= 11 is 11.5. The van der Waals surface area contributed by atoms with Crippen molar-refractivity contribution in [3.8, 4) is 5.75 Å². The number of rotatable bonds is 2. The number of benzene rings is 2. The third-order valence-corrected chi connectivity index (χ3v) is 2.92. The lowest BCUT2D eigenvalue weighted by atomic mass is 10.2. The van der Waals surface area contributed by atoms with E-state index in [0.29, 0.717) is 0 Å². The lowest BCUT2D eigenvalue weighted by molar-refractivity contribution is 0.0229. The first-order valence-electron chi connectivity index (χ1n) is 5.73. The van der Waals surface area contributed by atoms with Crippen molar-refractivity contribution >= 4 is 35.1 Å². The Bertz CT molecular complexity index is 683. The second-order valence-corrected chi connectivity index (χ2v) is 4.87. The molecule has 0 atom stereocenters. The highest BCUT2D eigenvalue weighted by atomic mass is 35.5. The van der Waals surface area contributed by atoms with Crippen LogP contribution in [0.15, 0.2) is 42.5 Å². The number of aromatic hydroxyl groups is 1. The number of phenols is 1. The molecule has 0 aliphatic heterocycles. The van der Waals surface area contributed by atoms with E-state index < -0.39 is 11.9 Å². The van der Waals surface area contributed by atoms with Crippen LogP contribution in [0, 0.1) is 0 Å². The van der Waals surface area contributed by atoms with Crippen molar-refractivity contribution < 1.29 is 19.5 Å². The van der Waals surface area contributed by atoms with Crippen LogP contribution in [0.3, 0.4) is 0 Å². The van der Waals surface area contributed by atoms with E-state index in [1.165, 1.54) is 30.3 Å². The Morgan fingerprint density at radius 3 is 2.29 bits per heavy atom. The molecule has 0 unspecified atom stereocenters. The molecule has 1 amide bonds. The van der Waals surface area contributed by atoms with Crippen molar-refractivity contribution in [2.75, 3.05) is 0 Å². The third kappa shape index (κ3) is 3.87. The molecule has 5 nitrogen and oxygen atoms in total. The monoisotopic (exact) mass is 325 g/mol. The molecule has 7 heteroatoms. The number of phenolic OH excluding ortho intramolecular Hbond substituents is 1. The van der Waals surface area contributed by atoms with Crippen molar-refractivity contribution in [3.05, 3.63) is 63.6 Å². The van der Waals surface area contributed by atoms with Crippen LogP contribution in [0.1, 0.15) is 20.7 Å². The quantitative estimate of drug-likeness (QED) is 0.831. The summed E-state index contributed by atoms with van der Waals surface area (Å²) in [7, 11) is 0. The number of carbonyl (C=O) groups is 2. The van der Waals surface area contributed by atoms with Gasteiger partial charge in [0.1, 0.15) is 5.75 Å². The maximum atomic E-state index is 11.8. The zero-order valence-corrected chi connectivity index (χ0v) is 12.0. The van der Waals surface area contributed by atoms with Gasteiger partial charge in [-0.05, 0) is 30.3 Å². The lowest BCUT2D eigenvalue weighted by Gasteiger charge is -2.07. The van der Waals surface area contributed by atoms with Gasteiger partial charge < -0.3 is 9.94 Å². The van der Waals surface area contributed by atoms with Gasteiger partial charge in [-0.25, -0.2) is 4.79 Å². The molecule has 0 radical (unpaired) electrons. The second-order valence-electron chi connectivity index (χ2n) is 4.00. The smallest absolute Gasteiger partial charge is 0.363 e. The number of carbonyl (C=O) groups excluding carboxylic acids is 2. The number of halogens is 2. The number of hydrogen-bond donors (Lipinski definition) is 2. The van der Waals surface area contributed by atoms with Crippen LogP contribution in [0.25, 0.3) is 0 Å². The zero-order chi connectivity index (χ0) is 15.4. The average Bonchev–Trinajstić information content (AvgIpc) is 2.43. The summed E-state index contributed by atoms with van der Waals surface area (Å²) in [5, 5.41) is 10.0. The van der Waals surface area contributed by atoms with Gasteiger partial charge >= 0.3 is 5.97 Å². The number of nitrogens with one attached hydrogen (secondary N) is 1. The molecule has 0 aromatic heterocycles. The normalized spacial score (nSPS) is 10.0. The molecule has 2 N–H and O–H groups in total. The molecule has 0 spiro atoms. The van der Waals surface area contributed by atoms with Crippen molar-refractivity contribution in [3.63, 3.8) is 0 Å². The van der Waals surface area contributed by atoms with E-state index in [0.717, 1.165) is 0 Å². The molecular weight excluding hydrogens is 317 g/mol. The van der Waals surface area contributed by atoms with Crippen molar-refractivity contribution in [2.24, 2.45) is 0 Å². The summed E-state index contributed by atoms with van der Waals surface area (Å²) in [4.78, 5) is 28.1. The highest BCUT2D eigenvalue weighted by Gasteiger charge is 2.14.